The van der Waals surface area contributed by atoms with E-state index in [2.05, 4.69) is 37.2 Å². The third kappa shape index (κ3) is 3.26. The highest BCUT2D eigenvalue weighted by Gasteiger charge is 2.19. The van der Waals surface area contributed by atoms with Crippen LogP contribution in [0.3, 0.4) is 0 Å². The fourth-order valence-electron chi connectivity index (χ4n) is 2.34. The molecule has 1 saturated carbocycles. The highest BCUT2D eigenvalue weighted by Crippen LogP contribution is 2.33. The lowest BCUT2D eigenvalue weighted by Gasteiger charge is -2.25. The first-order chi connectivity index (χ1) is 8.58. The van der Waals surface area contributed by atoms with Crippen LogP contribution in [0.25, 0.3) is 0 Å². The third-order valence-electron chi connectivity index (χ3n) is 3.24. The second-order valence-corrected chi connectivity index (χ2v) is 6.36. The SMILES string of the molecule is O=C(O)c1cc(Br)cc(Br)c1NC1CCCCC1. The number of hydrogen-bond donors (Lipinski definition) is 2. The molecule has 1 aromatic carbocycles. The van der Waals surface area contributed by atoms with Gasteiger partial charge < -0.3 is 10.4 Å². The minimum atomic E-state index is -0.907. The van der Waals surface area contributed by atoms with E-state index >= 15 is 0 Å². The molecule has 0 heterocycles. The van der Waals surface area contributed by atoms with Crippen molar-refractivity contribution in [2.24, 2.45) is 0 Å². The van der Waals surface area contributed by atoms with Crippen molar-refractivity contribution in [3.8, 4) is 0 Å². The Balaban J connectivity index is 2.27. The van der Waals surface area contributed by atoms with Crippen molar-refractivity contribution < 1.29 is 9.90 Å². The molecule has 0 amide bonds. The maximum atomic E-state index is 11.3. The van der Waals surface area contributed by atoms with Crippen LogP contribution >= 0.6 is 31.9 Å². The molecule has 1 fully saturated rings. The molecule has 0 aromatic heterocycles. The molecule has 5 heteroatoms. The lowest BCUT2D eigenvalue weighted by molar-refractivity contribution is 0.0697. The van der Waals surface area contributed by atoms with Gasteiger partial charge in [0.05, 0.1) is 11.3 Å². The molecule has 0 radical (unpaired) electrons. The zero-order valence-corrected chi connectivity index (χ0v) is 13.1. The number of carboxylic acids is 1. The maximum Gasteiger partial charge on any atom is 0.337 e. The van der Waals surface area contributed by atoms with Gasteiger partial charge in [-0.05, 0) is 40.9 Å². The van der Waals surface area contributed by atoms with Crippen molar-refractivity contribution in [3.05, 3.63) is 26.6 Å². The summed E-state index contributed by atoms with van der Waals surface area (Å²) in [6.07, 6.45) is 5.94. The molecule has 2 N–H and O–H groups in total. The summed E-state index contributed by atoms with van der Waals surface area (Å²) in [6, 6.07) is 3.89. The molecule has 1 aliphatic carbocycles. The van der Waals surface area contributed by atoms with Crippen LogP contribution in [0.4, 0.5) is 5.69 Å². The summed E-state index contributed by atoms with van der Waals surface area (Å²) in [6.45, 7) is 0. The Morgan fingerprint density at radius 2 is 1.89 bits per heavy atom. The number of rotatable bonds is 3. The fraction of sp³-hybridized carbons (Fsp3) is 0.462. The van der Waals surface area contributed by atoms with Gasteiger partial charge in [-0.25, -0.2) is 4.79 Å². The molecule has 18 heavy (non-hydrogen) atoms. The normalized spacial score (nSPS) is 16.6. The van der Waals surface area contributed by atoms with Crippen molar-refractivity contribution >= 4 is 43.5 Å². The minimum absolute atomic E-state index is 0.307. The average Bonchev–Trinajstić information content (AvgIpc) is 2.33. The van der Waals surface area contributed by atoms with E-state index in [9.17, 15) is 9.90 Å². The Kier molecular flexibility index (Phi) is 4.67. The van der Waals surface area contributed by atoms with E-state index in [4.69, 9.17) is 0 Å². The predicted molar refractivity (Wildman–Crippen MR) is 79.3 cm³/mol. The summed E-state index contributed by atoms with van der Waals surface area (Å²) in [4.78, 5) is 11.3. The Morgan fingerprint density at radius 1 is 1.22 bits per heavy atom. The lowest BCUT2D eigenvalue weighted by atomic mass is 9.95. The van der Waals surface area contributed by atoms with Crippen molar-refractivity contribution in [1.29, 1.82) is 0 Å². The quantitative estimate of drug-likeness (QED) is 0.806. The number of halogens is 2. The van der Waals surface area contributed by atoms with E-state index in [-0.39, 0.29) is 0 Å². The molecule has 0 aliphatic heterocycles. The monoisotopic (exact) mass is 375 g/mol. The van der Waals surface area contributed by atoms with Crippen LogP contribution in [0.2, 0.25) is 0 Å². The van der Waals surface area contributed by atoms with Gasteiger partial charge in [-0.3, -0.25) is 0 Å². The molecule has 3 nitrogen and oxygen atoms in total. The van der Waals surface area contributed by atoms with Crippen LogP contribution in [0.5, 0.6) is 0 Å². The summed E-state index contributed by atoms with van der Waals surface area (Å²) >= 11 is 6.76. The summed E-state index contributed by atoms with van der Waals surface area (Å²) in [5.74, 6) is -0.907. The summed E-state index contributed by atoms with van der Waals surface area (Å²) < 4.78 is 1.56. The van der Waals surface area contributed by atoms with Gasteiger partial charge in [0, 0.05) is 15.0 Å². The Labute approximate surface area is 123 Å². The van der Waals surface area contributed by atoms with Crippen molar-refractivity contribution in [2.45, 2.75) is 38.1 Å². The molecular formula is C13H15Br2NO2. The number of carbonyl (C=O) groups is 1. The third-order valence-corrected chi connectivity index (χ3v) is 4.32. The number of carboxylic acid groups (broad SMARTS) is 1. The molecule has 98 valence electrons. The average molecular weight is 377 g/mol. The summed E-state index contributed by atoms with van der Waals surface area (Å²) in [7, 11) is 0. The Hall–Kier alpha value is -0.550. The van der Waals surface area contributed by atoms with E-state index in [0.29, 0.717) is 17.3 Å². The van der Waals surface area contributed by atoms with Crippen LogP contribution in [0.1, 0.15) is 42.5 Å². The topological polar surface area (TPSA) is 49.3 Å². The van der Waals surface area contributed by atoms with Gasteiger partial charge >= 0.3 is 5.97 Å². The van der Waals surface area contributed by atoms with Gasteiger partial charge in [0.2, 0.25) is 0 Å². The zero-order valence-electron chi connectivity index (χ0n) is 9.88. The fourth-order valence-corrected chi connectivity index (χ4v) is 3.68. The first-order valence-corrected chi connectivity index (χ1v) is 7.65. The molecule has 0 unspecified atom stereocenters. The summed E-state index contributed by atoms with van der Waals surface area (Å²) in [5.41, 5.74) is 0.999. The van der Waals surface area contributed by atoms with Crippen molar-refractivity contribution in [2.75, 3.05) is 5.32 Å². The van der Waals surface area contributed by atoms with Gasteiger partial charge in [0.25, 0.3) is 0 Å². The van der Waals surface area contributed by atoms with E-state index in [1.165, 1.54) is 19.3 Å². The predicted octanol–water partition coefficient (Wildman–Crippen LogP) is 4.65. The molecule has 0 bridgehead atoms. The molecule has 1 aromatic rings. The second kappa shape index (κ2) is 6.06. The van der Waals surface area contributed by atoms with Gasteiger partial charge in [-0.15, -0.1) is 0 Å². The zero-order chi connectivity index (χ0) is 13.1. The smallest absolute Gasteiger partial charge is 0.337 e. The van der Waals surface area contributed by atoms with E-state index in [1.54, 1.807) is 6.07 Å². The second-order valence-electron chi connectivity index (χ2n) is 4.59. The largest absolute Gasteiger partial charge is 0.478 e. The molecule has 1 aliphatic rings. The van der Waals surface area contributed by atoms with Crippen LogP contribution in [-0.2, 0) is 0 Å². The standard InChI is InChI=1S/C13H15Br2NO2/c14-8-6-10(13(17)18)12(11(15)7-8)16-9-4-2-1-3-5-9/h6-7,9,16H,1-5H2,(H,17,18). The van der Waals surface area contributed by atoms with Gasteiger partial charge in [0.15, 0.2) is 0 Å². The number of nitrogens with one attached hydrogen (secondary N) is 1. The van der Waals surface area contributed by atoms with Crippen LogP contribution in [-0.4, -0.2) is 17.1 Å². The van der Waals surface area contributed by atoms with E-state index < -0.39 is 5.97 Å². The number of benzene rings is 1. The van der Waals surface area contributed by atoms with Gasteiger partial charge in [-0.2, -0.15) is 0 Å². The van der Waals surface area contributed by atoms with E-state index in [0.717, 1.165) is 21.8 Å². The van der Waals surface area contributed by atoms with Crippen molar-refractivity contribution in [3.63, 3.8) is 0 Å². The minimum Gasteiger partial charge on any atom is -0.478 e. The maximum absolute atomic E-state index is 11.3. The van der Waals surface area contributed by atoms with Gasteiger partial charge in [0.1, 0.15) is 0 Å². The molecule has 0 spiro atoms. The van der Waals surface area contributed by atoms with Crippen LogP contribution < -0.4 is 5.32 Å². The number of hydrogen-bond acceptors (Lipinski definition) is 2. The van der Waals surface area contributed by atoms with Crippen LogP contribution in [0.15, 0.2) is 21.1 Å². The Morgan fingerprint density at radius 3 is 2.50 bits per heavy atom. The summed E-state index contributed by atoms with van der Waals surface area (Å²) in [5, 5.41) is 12.6. The van der Waals surface area contributed by atoms with Gasteiger partial charge in [-0.1, -0.05) is 35.2 Å². The van der Waals surface area contributed by atoms with E-state index in [1.807, 2.05) is 6.07 Å². The molecular weight excluding hydrogens is 362 g/mol. The number of anilines is 1. The highest BCUT2D eigenvalue weighted by molar-refractivity contribution is 9.11. The molecule has 0 atom stereocenters. The van der Waals surface area contributed by atoms with Crippen molar-refractivity contribution in [1.82, 2.24) is 0 Å². The molecule has 2 rings (SSSR count). The first kappa shape index (κ1) is 13.9. The number of aromatic carboxylic acids is 1. The first-order valence-electron chi connectivity index (χ1n) is 6.07. The lowest BCUT2D eigenvalue weighted by Crippen LogP contribution is -2.23. The van der Waals surface area contributed by atoms with Crippen LogP contribution in [0, 0.1) is 0 Å². The Bertz CT molecular complexity index is 457. The highest BCUT2D eigenvalue weighted by atomic mass is 79.9. The molecule has 0 saturated heterocycles.